The molecular weight excluding hydrogens is 318 g/mol. The van der Waals surface area contributed by atoms with Crippen LogP contribution in [0, 0.1) is 0 Å². The first-order valence-electron chi connectivity index (χ1n) is 8.17. The van der Waals surface area contributed by atoms with Crippen LogP contribution in [0.15, 0.2) is 36.4 Å². The fraction of sp³-hybridized carbons (Fsp3) is 0.350. The predicted octanol–water partition coefficient (Wildman–Crippen LogP) is 4.02. The highest BCUT2D eigenvalue weighted by Gasteiger charge is 2.15. The minimum absolute atomic E-state index is 0.0950. The van der Waals surface area contributed by atoms with E-state index in [4.69, 9.17) is 14.2 Å². The topological polar surface area (TPSA) is 56.8 Å². The van der Waals surface area contributed by atoms with Gasteiger partial charge in [0.15, 0.2) is 11.5 Å². The van der Waals surface area contributed by atoms with Gasteiger partial charge in [-0.3, -0.25) is 4.79 Å². The highest BCUT2D eigenvalue weighted by molar-refractivity contribution is 5.93. The van der Waals surface area contributed by atoms with Gasteiger partial charge in [-0.25, -0.2) is 0 Å². The number of hydrogen-bond donors (Lipinski definition) is 1. The van der Waals surface area contributed by atoms with Crippen molar-refractivity contribution in [2.75, 3.05) is 26.6 Å². The molecule has 0 spiro atoms. The predicted molar refractivity (Wildman–Crippen MR) is 99.0 cm³/mol. The van der Waals surface area contributed by atoms with Gasteiger partial charge in [-0.1, -0.05) is 32.0 Å². The van der Waals surface area contributed by atoms with Gasteiger partial charge in [0.05, 0.1) is 27.8 Å². The maximum atomic E-state index is 12.5. The number of amides is 1. The number of ether oxygens (including phenoxy) is 3. The monoisotopic (exact) mass is 343 g/mol. The van der Waals surface area contributed by atoms with Crippen molar-refractivity contribution in [1.82, 2.24) is 0 Å². The van der Waals surface area contributed by atoms with Crippen molar-refractivity contribution in [2.45, 2.75) is 26.2 Å². The fourth-order valence-electron chi connectivity index (χ4n) is 2.73. The molecule has 134 valence electrons. The molecule has 0 fully saturated rings. The van der Waals surface area contributed by atoms with Gasteiger partial charge in [0, 0.05) is 5.69 Å². The van der Waals surface area contributed by atoms with Crippen molar-refractivity contribution >= 4 is 11.6 Å². The molecule has 0 atom stereocenters. The van der Waals surface area contributed by atoms with Crippen LogP contribution in [0.2, 0.25) is 0 Å². The Kier molecular flexibility index (Phi) is 6.28. The van der Waals surface area contributed by atoms with E-state index in [1.165, 1.54) is 0 Å². The number of carbonyl (C=O) groups is 1. The van der Waals surface area contributed by atoms with Crippen LogP contribution in [-0.4, -0.2) is 27.2 Å². The number of para-hydroxylation sites is 1. The molecule has 2 aromatic rings. The Morgan fingerprint density at radius 2 is 1.60 bits per heavy atom. The van der Waals surface area contributed by atoms with E-state index >= 15 is 0 Å². The van der Waals surface area contributed by atoms with Gasteiger partial charge < -0.3 is 19.5 Å². The zero-order valence-electron chi connectivity index (χ0n) is 15.4. The molecule has 0 bridgehead atoms. The van der Waals surface area contributed by atoms with E-state index in [1.807, 2.05) is 24.3 Å². The Morgan fingerprint density at radius 1 is 1.00 bits per heavy atom. The van der Waals surface area contributed by atoms with Gasteiger partial charge in [0.1, 0.15) is 0 Å². The van der Waals surface area contributed by atoms with Crippen LogP contribution in [0.1, 0.15) is 30.9 Å². The van der Waals surface area contributed by atoms with Crippen molar-refractivity contribution in [2.24, 2.45) is 0 Å². The van der Waals surface area contributed by atoms with Gasteiger partial charge in [0.25, 0.3) is 0 Å². The summed E-state index contributed by atoms with van der Waals surface area (Å²) < 4.78 is 16.0. The third-order valence-electron chi connectivity index (χ3n) is 3.95. The summed E-state index contributed by atoms with van der Waals surface area (Å²) in [4.78, 5) is 12.5. The van der Waals surface area contributed by atoms with Gasteiger partial charge in [-0.2, -0.15) is 0 Å². The van der Waals surface area contributed by atoms with Crippen LogP contribution >= 0.6 is 0 Å². The molecule has 0 saturated heterocycles. The first-order chi connectivity index (χ1) is 12.0. The quantitative estimate of drug-likeness (QED) is 0.825. The summed E-state index contributed by atoms with van der Waals surface area (Å²) in [6, 6.07) is 11.4. The summed E-state index contributed by atoms with van der Waals surface area (Å²) in [6.07, 6.45) is 0.211. The lowest BCUT2D eigenvalue weighted by Crippen LogP contribution is -2.16. The molecule has 25 heavy (non-hydrogen) atoms. The van der Waals surface area contributed by atoms with Gasteiger partial charge >= 0.3 is 0 Å². The normalized spacial score (nSPS) is 10.5. The second kappa shape index (κ2) is 8.42. The molecule has 5 nitrogen and oxygen atoms in total. The highest BCUT2D eigenvalue weighted by atomic mass is 16.5. The van der Waals surface area contributed by atoms with Crippen molar-refractivity contribution in [3.63, 3.8) is 0 Å². The Balaban J connectivity index is 2.21. The molecule has 0 unspecified atom stereocenters. The standard InChI is InChI=1S/C20H25NO4/c1-13(2)15-8-6-7-9-16(15)21-19(22)12-14-10-17(23-3)20(25-5)18(11-14)24-4/h6-11,13H,12H2,1-5H3,(H,21,22). The minimum Gasteiger partial charge on any atom is -0.493 e. The van der Waals surface area contributed by atoms with Crippen LogP contribution < -0.4 is 19.5 Å². The maximum absolute atomic E-state index is 12.5. The first-order valence-corrected chi connectivity index (χ1v) is 8.17. The van der Waals surface area contributed by atoms with Crippen molar-refractivity contribution in [1.29, 1.82) is 0 Å². The summed E-state index contributed by atoms with van der Waals surface area (Å²) in [5, 5.41) is 2.99. The Labute approximate surface area is 148 Å². The lowest BCUT2D eigenvalue weighted by Gasteiger charge is -2.15. The average molecular weight is 343 g/mol. The number of hydrogen-bond acceptors (Lipinski definition) is 4. The highest BCUT2D eigenvalue weighted by Crippen LogP contribution is 2.38. The maximum Gasteiger partial charge on any atom is 0.228 e. The Bertz CT molecular complexity index is 715. The van der Waals surface area contributed by atoms with E-state index < -0.39 is 0 Å². The number of methoxy groups -OCH3 is 3. The molecule has 2 rings (SSSR count). The van der Waals surface area contributed by atoms with E-state index in [2.05, 4.69) is 19.2 Å². The number of benzene rings is 2. The lowest BCUT2D eigenvalue weighted by atomic mass is 10.0. The molecule has 2 aromatic carbocycles. The summed E-state index contributed by atoms with van der Waals surface area (Å²) in [6.45, 7) is 4.20. The van der Waals surface area contributed by atoms with Crippen molar-refractivity contribution in [3.05, 3.63) is 47.5 Å². The summed E-state index contributed by atoms with van der Waals surface area (Å²) in [5.41, 5.74) is 2.74. The molecule has 0 radical (unpaired) electrons. The van der Waals surface area contributed by atoms with Crippen LogP contribution in [0.4, 0.5) is 5.69 Å². The smallest absolute Gasteiger partial charge is 0.228 e. The molecule has 0 aliphatic heterocycles. The summed E-state index contributed by atoms with van der Waals surface area (Å²) in [7, 11) is 4.66. The number of rotatable bonds is 7. The van der Waals surface area contributed by atoms with Crippen LogP contribution in [0.5, 0.6) is 17.2 Å². The molecule has 1 N–H and O–H groups in total. The van der Waals surface area contributed by atoms with Crippen molar-refractivity contribution < 1.29 is 19.0 Å². The molecule has 1 amide bonds. The number of carbonyl (C=O) groups excluding carboxylic acids is 1. The van der Waals surface area contributed by atoms with Gasteiger partial charge in [0.2, 0.25) is 11.7 Å². The van der Waals surface area contributed by atoms with Crippen LogP contribution in [0.3, 0.4) is 0 Å². The second-order valence-electron chi connectivity index (χ2n) is 6.00. The zero-order chi connectivity index (χ0) is 18.4. The molecule has 0 aliphatic rings. The Hall–Kier alpha value is -2.69. The zero-order valence-corrected chi connectivity index (χ0v) is 15.4. The van der Waals surface area contributed by atoms with Crippen molar-refractivity contribution in [3.8, 4) is 17.2 Å². The third-order valence-corrected chi connectivity index (χ3v) is 3.95. The minimum atomic E-state index is -0.0950. The SMILES string of the molecule is COc1cc(CC(=O)Nc2ccccc2C(C)C)cc(OC)c1OC. The largest absolute Gasteiger partial charge is 0.493 e. The summed E-state index contributed by atoms with van der Waals surface area (Å²) in [5.74, 6) is 1.82. The van der Waals surface area contributed by atoms with E-state index in [9.17, 15) is 4.79 Å². The average Bonchev–Trinajstić information content (AvgIpc) is 2.60. The molecule has 5 heteroatoms. The fourth-order valence-corrected chi connectivity index (χ4v) is 2.73. The van der Waals surface area contributed by atoms with E-state index in [-0.39, 0.29) is 12.3 Å². The lowest BCUT2D eigenvalue weighted by molar-refractivity contribution is -0.115. The van der Waals surface area contributed by atoms with E-state index in [1.54, 1.807) is 33.5 Å². The third kappa shape index (κ3) is 4.44. The molecule has 0 heterocycles. The van der Waals surface area contributed by atoms with Crippen LogP contribution in [0.25, 0.3) is 0 Å². The molecular formula is C20H25NO4. The van der Waals surface area contributed by atoms with Gasteiger partial charge in [-0.05, 0) is 35.2 Å². The molecule has 0 aromatic heterocycles. The summed E-state index contributed by atoms with van der Waals surface area (Å²) >= 11 is 0. The van der Waals surface area contributed by atoms with E-state index in [0.717, 1.165) is 16.8 Å². The first kappa shape index (κ1) is 18.6. The number of anilines is 1. The second-order valence-corrected chi connectivity index (χ2v) is 6.00. The molecule has 0 saturated carbocycles. The van der Waals surface area contributed by atoms with Crippen LogP contribution in [-0.2, 0) is 11.2 Å². The van der Waals surface area contributed by atoms with Gasteiger partial charge in [-0.15, -0.1) is 0 Å². The Morgan fingerprint density at radius 3 is 2.12 bits per heavy atom. The molecule has 0 aliphatic carbocycles. The van der Waals surface area contributed by atoms with E-state index in [0.29, 0.717) is 23.2 Å². The number of nitrogens with one attached hydrogen (secondary N) is 1.